The van der Waals surface area contributed by atoms with Gasteiger partial charge in [-0.15, -0.1) is 17.5 Å². The highest BCUT2D eigenvalue weighted by molar-refractivity contribution is 7.03. The summed E-state index contributed by atoms with van der Waals surface area (Å²) < 4.78 is 8.99. The van der Waals surface area contributed by atoms with Crippen LogP contribution in [0.2, 0.25) is 0 Å². The first-order chi connectivity index (χ1) is 8.76. The van der Waals surface area contributed by atoms with Crippen LogP contribution in [0.15, 0.2) is 5.38 Å². The van der Waals surface area contributed by atoms with E-state index in [0.29, 0.717) is 18.8 Å². The minimum atomic E-state index is -0.155. The molecule has 0 saturated carbocycles. The van der Waals surface area contributed by atoms with Gasteiger partial charge >= 0.3 is 0 Å². The predicted molar refractivity (Wildman–Crippen MR) is 75.9 cm³/mol. The van der Waals surface area contributed by atoms with Gasteiger partial charge in [0.1, 0.15) is 0 Å². The Morgan fingerprint density at radius 1 is 1.58 bits per heavy atom. The zero-order valence-electron chi connectivity index (χ0n) is 10.8. The largest absolute Gasteiger partial charge is 0.384 e. The van der Waals surface area contributed by atoms with Gasteiger partial charge in [-0.1, -0.05) is 4.49 Å². The smallest absolute Gasteiger partial charge is 0.272 e. The monoisotopic (exact) mass is 306 g/mol. The quantitative estimate of drug-likeness (QED) is 0.838. The van der Waals surface area contributed by atoms with Crippen molar-refractivity contribution in [2.45, 2.75) is 12.8 Å². The van der Waals surface area contributed by atoms with E-state index >= 15 is 0 Å². The van der Waals surface area contributed by atoms with E-state index in [4.69, 9.17) is 4.74 Å². The summed E-state index contributed by atoms with van der Waals surface area (Å²) in [4.78, 5) is 11.8. The Bertz CT molecular complexity index is 377. The standard InChI is InChI=1S/C11H18N4O2S.ClH/c1-17-8-11(2-4-12-5-3-11)7-13-10(16)9-6-18-15-14-9;/h6,12H,2-5,7-8H2,1H3,(H,13,16);1H. The molecule has 1 saturated heterocycles. The molecule has 0 radical (unpaired) electrons. The van der Waals surface area contributed by atoms with Gasteiger partial charge in [-0.25, -0.2) is 0 Å². The van der Waals surface area contributed by atoms with E-state index in [1.165, 1.54) is 11.5 Å². The number of hydrogen-bond donors (Lipinski definition) is 2. The number of piperidine rings is 1. The first-order valence-electron chi connectivity index (χ1n) is 6.01. The van der Waals surface area contributed by atoms with Gasteiger partial charge in [-0.05, 0) is 37.5 Å². The van der Waals surface area contributed by atoms with E-state index in [1.807, 2.05) is 0 Å². The fourth-order valence-electron chi connectivity index (χ4n) is 2.26. The average molecular weight is 307 g/mol. The molecule has 0 unspecified atom stereocenters. The second-order valence-corrected chi connectivity index (χ2v) is 5.27. The van der Waals surface area contributed by atoms with Crippen LogP contribution in [0.25, 0.3) is 0 Å². The third-order valence-corrected chi connectivity index (χ3v) is 3.84. The van der Waals surface area contributed by atoms with Gasteiger partial charge in [0.05, 0.1) is 6.61 Å². The number of amides is 1. The Kier molecular flexibility index (Phi) is 6.64. The van der Waals surface area contributed by atoms with Crippen LogP contribution in [0.4, 0.5) is 0 Å². The van der Waals surface area contributed by atoms with E-state index in [1.54, 1.807) is 12.5 Å². The Morgan fingerprint density at radius 3 is 2.89 bits per heavy atom. The first kappa shape index (κ1) is 16.3. The highest BCUT2D eigenvalue weighted by Crippen LogP contribution is 2.28. The van der Waals surface area contributed by atoms with Crippen LogP contribution < -0.4 is 10.6 Å². The van der Waals surface area contributed by atoms with Crippen LogP contribution in [0.3, 0.4) is 0 Å². The summed E-state index contributed by atoms with van der Waals surface area (Å²) in [6, 6.07) is 0. The lowest BCUT2D eigenvalue weighted by atomic mass is 9.79. The van der Waals surface area contributed by atoms with Crippen molar-refractivity contribution in [3.05, 3.63) is 11.1 Å². The molecule has 0 atom stereocenters. The molecular formula is C11H19ClN4O2S. The van der Waals surface area contributed by atoms with Crippen molar-refractivity contribution < 1.29 is 9.53 Å². The number of nitrogens with zero attached hydrogens (tertiary/aromatic N) is 2. The number of hydrogen-bond acceptors (Lipinski definition) is 6. The van der Waals surface area contributed by atoms with Gasteiger partial charge in [-0.3, -0.25) is 4.79 Å². The maximum absolute atomic E-state index is 11.8. The first-order valence-corrected chi connectivity index (χ1v) is 6.84. The number of ether oxygens (including phenoxy) is 1. The minimum absolute atomic E-state index is 0. The molecule has 1 fully saturated rings. The lowest BCUT2D eigenvalue weighted by Gasteiger charge is -2.37. The van der Waals surface area contributed by atoms with Crippen molar-refractivity contribution in [2.75, 3.05) is 33.4 Å². The molecule has 0 spiro atoms. The molecule has 1 amide bonds. The van der Waals surface area contributed by atoms with E-state index in [9.17, 15) is 4.79 Å². The second kappa shape index (κ2) is 7.74. The van der Waals surface area contributed by atoms with Gasteiger partial charge in [0, 0.05) is 24.4 Å². The molecule has 1 aliphatic rings. The molecular weight excluding hydrogens is 288 g/mol. The predicted octanol–water partition coefficient (Wildman–Crippen LogP) is 0.706. The van der Waals surface area contributed by atoms with Crippen LogP contribution in [-0.4, -0.2) is 48.8 Å². The fourth-order valence-corrected chi connectivity index (χ4v) is 2.69. The van der Waals surface area contributed by atoms with Crippen molar-refractivity contribution >= 4 is 29.8 Å². The van der Waals surface area contributed by atoms with Crippen LogP contribution in [0, 0.1) is 5.41 Å². The number of halogens is 1. The number of methoxy groups -OCH3 is 1. The molecule has 108 valence electrons. The molecule has 1 aliphatic heterocycles. The third kappa shape index (κ3) is 4.38. The molecule has 19 heavy (non-hydrogen) atoms. The van der Waals surface area contributed by atoms with Gasteiger partial charge < -0.3 is 15.4 Å². The lowest BCUT2D eigenvalue weighted by molar-refractivity contribution is 0.0511. The van der Waals surface area contributed by atoms with E-state index in [0.717, 1.165) is 25.9 Å². The molecule has 2 rings (SSSR count). The molecule has 2 N–H and O–H groups in total. The van der Waals surface area contributed by atoms with Crippen LogP contribution in [0.5, 0.6) is 0 Å². The SMILES string of the molecule is COCC1(CNC(=O)c2csnn2)CCNCC1.Cl. The third-order valence-electron chi connectivity index (χ3n) is 3.33. The van der Waals surface area contributed by atoms with Crippen LogP contribution >= 0.6 is 23.9 Å². The van der Waals surface area contributed by atoms with Crippen molar-refractivity contribution in [2.24, 2.45) is 5.41 Å². The normalized spacial score (nSPS) is 17.5. The summed E-state index contributed by atoms with van der Waals surface area (Å²) in [7, 11) is 1.70. The van der Waals surface area contributed by atoms with E-state index in [-0.39, 0.29) is 23.7 Å². The number of carbonyl (C=O) groups excluding carboxylic acids is 1. The molecule has 0 aliphatic carbocycles. The Balaban J connectivity index is 0.00000180. The second-order valence-electron chi connectivity index (χ2n) is 4.66. The molecule has 1 aromatic heterocycles. The molecule has 2 heterocycles. The number of carbonyl (C=O) groups is 1. The lowest BCUT2D eigenvalue weighted by Crippen LogP contribution is -2.47. The minimum Gasteiger partial charge on any atom is -0.384 e. The average Bonchev–Trinajstić information content (AvgIpc) is 2.91. The maximum atomic E-state index is 11.8. The highest BCUT2D eigenvalue weighted by Gasteiger charge is 2.32. The molecule has 1 aromatic rings. The van der Waals surface area contributed by atoms with E-state index < -0.39 is 0 Å². The summed E-state index contributed by atoms with van der Waals surface area (Å²) in [5.41, 5.74) is 0.431. The molecule has 0 aromatic carbocycles. The topological polar surface area (TPSA) is 76.1 Å². The summed E-state index contributed by atoms with van der Waals surface area (Å²) in [6.45, 7) is 3.23. The van der Waals surface area contributed by atoms with Crippen LogP contribution in [0.1, 0.15) is 23.3 Å². The van der Waals surface area contributed by atoms with Gasteiger partial charge in [0.15, 0.2) is 5.69 Å². The van der Waals surface area contributed by atoms with Crippen molar-refractivity contribution in [1.29, 1.82) is 0 Å². The zero-order chi connectivity index (χ0) is 12.8. The highest BCUT2D eigenvalue weighted by atomic mass is 35.5. The summed E-state index contributed by atoms with van der Waals surface area (Å²) in [5.74, 6) is -0.155. The van der Waals surface area contributed by atoms with Crippen molar-refractivity contribution in [3.8, 4) is 0 Å². The van der Waals surface area contributed by atoms with Crippen LogP contribution in [-0.2, 0) is 4.74 Å². The number of nitrogens with one attached hydrogen (secondary N) is 2. The van der Waals surface area contributed by atoms with Crippen molar-refractivity contribution in [3.63, 3.8) is 0 Å². The summed E-state index contributed by atoms with van der Waals surface area (Å²) >= 11 is 1.18. The molecule has 0 bridgehead atoms. The Hall–Kier alpha value is -0.760. The molecule has 6 nitrogen and oxygen atoms in total. The van der Waals surface area contributed by atoms with Crippen molar-refractivity contribution in [1.82, 2.24) is 20.2 Å². The fraction of sp³-hybridized carbons (Fsp3) is 0.727. The summed E-state index contributed by atoms with van der Waals surface area (Å²) in [6.07, 6.45) is 2.02. The van der Waals surface area contributed by atoms with Gasteiger partial charge in [0.25, 0.3) is 5.91 Å². The Morgan fingerprint density at radius 2 is 2.32 bits per heavy atom. The Labute approximate surface area is 122 Å². The number of rotatable bonds is 5. The molecule has 8 heteroatoms. The van der Waals surface area contributed by atoms with Gasteiger partial charge in [0.2, 0.25) is 0 Å². The van der Waals surface area contributed by atoms with E-state index in [2.05, 4.69) is 20.2 Å². The maximum Gasteiger partial charge on any atom is 0.272 e. The zero-order valence-corrected chi connectivity index (χ0v) is 12.5. The number of aromatic nitrogens is 2. The summed E-state index contributed by atoms with van der Waals surface area (Å²) in [5, 5.41) is 11.7. The van der Waals surface area contributed by atoms with Gasteiger partial charge in [-0.2, -0.15) is 0 Å².